The number of rotatable bonds is 5. The van der Waals surface area contributed by atoms with Gasteiger partial charge in [0.15, 0.2) is 0 Å². The zero-order chi connectivity index (χ0) is 43.7. The molecule has 67 heavy (non-hydrogen) atoms. The van der Waals surface area contributed by atoms with Crippen LogP contribution in [0.15, 0.2) is 227 Å². The summed E-state index contributed by atoms with van der Waals surface area (Å²) < 4.78 is 15.9. The first-order valence-electron chi connectivity index (χ1n) is 22.8. The molecule has 13 aromatic rings. The molecule has 0 saturated carbocycles. The molecule has 0 aliphatic carbocycles. The molecule has 15 rings (SSSR count). The van der Waals surface area contributed by atoms with Gasteiger partial charge in [0.25, 0.3) is 6.71 Å². The van der Waals surface area contributed by atoms with Crippen molar-refractivity contribution in [2.75, 3.05) is 14.7 Å². The van der Waals surface area contributed by atoms with E-state index in [0.717, 1.165) is 89.4 Å². The fraction of sp³-hybridized carbons (Fsp3) is 0. The number of fused-ring (bicyclic) bond motifs is 15. The van der Waals surface area contributed by atoms with E-state index in [4.69, 9.17) is 8.83 Å². The average molecular weight is 874 g/mol. The van der Waals surface area contributed by atoms with Crippen molar-refractivity contribution < 1.29 is 8.83 Å². The van der Waals surface area contributed by atoms with Crippen LogP contribution in [0, 0.1) is 0 Å². The minimum Gasteiger partial charge on any atom is -0.456 e. The molecule has 3 aromatic heterocycles. The van der Waals surface area contributed by atoms with E-state index in [-0.39, 0.29) is 6.71 Å². The first-order valence-corrected chi connectivity index (χ1v) is 23.6. The SMILES string of the molecule is c1ccc(N(c2cc3c4c(c2)N(c2ccccc2)c2c(ccc5sc6ccccc6c25)B4c2ccc4oc5ccccc5c4c2N3c2ccccc2)c2cccc3oc4ccccc4c23)cc1. The van der Waals surface area contributed by atoms with Gasteiger partial charge < -0.3 is 23.5 Å². The third-order valence-corrected chi connectivity index (χ3v) is 15.1. The molecule has 0 unspecified atom stereocenters. The number of hydrogen-bond donors (Lipinski definition) is 0. The summed E-state index contributed by atoms with van der Waals surface area (Å²) in [6, 6.07) is 79.0. The zero-order valence-corrected chi connectivity index (χ0v) is 36.7. The molecule has 0 atom stereocenters. The second-order valence-corrected chi connectivity index (χ2v) is 18.6. The van der Waals surface area contributed by atoms with E-state index < -0.39 is 0 Å². The lowest BCUT2D eigenvalue weighted by molar-refractivity contribution is 0.668. The van der Waals surface area contributed by atoms with Crippen molar-refractivity contribution in [3.63, 3.8) is 0 Å². The van der Waals surface area contributed by atoms with Crippen LogP contribution in [0.3, 0.4) is 0 Å². The summed E-state index contributed by atoms with van der Waals surface area (Å²) in [4.78, 5) is 7.51. The molecule has 5 heterocycles. The second-order valence-electron chi connectivity index (χ2n) is 17.5. The summed E-state index contributed by atoms with van der Waals surface area (Å²) in [6.45, 7) is -0.114. The molecular formula is C60H36BN3O2S. The van der Waals surface area contributed by atoms with Gasteiger partial charge >= 0.3 is 0 Å². The molecule has 5 nitrogen and oxygen atoms in total. The Morgan fingerprint density at radius 2 is 0.910 bits per heavy atom. The highest BCUT2D eigenvalue weighted by molar-refractivity contribution is 7.26. The van der Waals surface area contributed by atoms with Gasteiger partial charge in [-0.2, -0.15) is 0 Å². The fourth-order valence-corrected chi connectivity index (χ4v) is 12.4. The van der Waals surface area contributed by atoms with Crippen LogP contribution in [-0.4, -0.2) is 6.71 Å². The number of benzene rings is 10. The van der Waals surface area contributed by atoms with E-state index in [9.17, 15) is 0 Å². The summed E-state index contributed by atoms with van der Waals surface area (Å²) in [5.41, 5.74) is 17.1. The number of anilines is 9. The van der Waals surface area contributed by atoms with E-state index in [0.29, 0.717) is 0 Å². The van der Waals surface area contributed by atoms with E-state index in [1.54, 1.807) is 0 Å². The number of nitrogens with zero attached hydrogens (tertiary/aromatic N) is 3. The van der Waals surface area contributed by atoms with Crippen molar-refractivity contribution in [2.45, 2.75) is 0 Å². The molecule has 10 aromatic carbocycles. The van der Waals surface area contributed by atoms with Crippen molar-refractivity contribution in [2.24, 2.45) is 0 Å². The topological polar surface area (TPSA) is 36.0 Å². The molecule has 0 bridgehead atoms. The molecule has 0 spiro atoms. The summed E-state index contributed by atoms with van der Waals surface area (Å²) >= 11 is 1.87. The Hall–Kier alpha value is -8.52. The standard InChI is InChI=1S/C60H36BN3O2S/c1-4-17-37(18-5-1)62(46-26-16-29-51-55(46)41-23-10-13-27-49(41)65-51)40-35-47-58-48(36-40)64(39-21-8-3-9-22-39)60-45(32-34-54-57(60)43-25-12-15-30-53(43)67-54)61(58)44-31-33-52-56(42-24-11-14-28-50(42)66-52)59(44)63(47)38-19-6-2-7-20-38/h1-36H. The normalized spacial score (nSPS) is 13.0. The van der Waals surface area contributed by atoms with Crippen LogP contribution in [-0.2, 0) is 0 Å². The Kier molecular flexibility index (Phi) is 7.68. The molecule has 0 fully saturated rings. The van der Waals surface area contributed by atoms with E-state index >= 15 is 0 Å². The van der Waals surface area contributed by atoms with Crippen molar-refractivity contribution in [3.05, 3.63) is 218 Å². The van der Waals surface area contributed by atoms with Crippen molar-refractivity contribution in [1.29, 1.82) is 0 Å². The maximum atomic E-state index is 6.73. The largest absolute Gasteiger partial charge is 0.456 e. The van der Waals surface area contributed by atoms with Gasteiger partial charge in [-0.3, -0.25) is 0 Å². The summed E-state index contributed by atoms with van der Waals surface area (Å²) in [6.07, 6.45) is 0. The van der Waals surface area contributed by atoms with Crippen LogP contribution in [0.5, 0.6) is 0 Å². The number of hydrogen-bond acceptors (Lipinski definition) is 6. The number of furan rings is 2. The predicted molar refractivity (Wildman–Crippen MR) is 283 cm³/mol. The molecule has 0 radical (unpaired) electrons. The van der Waals surface area contributed by atoms with Gasteiger partial charge in [0.1, 0.15) is 22.3 Å². The molecule has 0 amide bonds. The Balaban J connectivity index is 1.14. The first kappa shape index (κ1) is 36.8. The van der Waals surface area contributed by atoms with Crippen molar-refractivity contribution >= 4 is 150 Å². The third-order valence-electron chi connectivity index (χ3n) is 14.0. The number of para-hydroxylation sites is 5. The predicted octanol–water partition coefficient (Wildman–Crippen LogP) is 15.4. The van der Waals surface area contributed by atoms with Crippen molar-refractivity contribution in [3.8, 4) is 0 Å². The van der Waals surface area contributed by atoms with E-state index in [2.05, 4.69) is 227 Å². The molecule has 0 N–H and O–H groups in total. The zero-order valence-electron chi connectivity index (χ0n) is 35.9. The Bertz CT molecular complexity index is 3960. The Morgan fingerprint density at radius 1 is 0.388 bits per heavy atom. The Morgan fingerprint density at radius 3 is 1.58 bits per heavy atom. The lowest BCUT2D eigenvalue weighted by Gasteiger charge is -2.45. The van der Waals surface area contributed by atoms with Crippen LogP contribution < -0.4 is 31.1 Å². The molecule has 7 heteroatoms. The minimum atomic E-state index is -0.114. The molecule has 2 aliphatic rings. The van der Waals surface area contributed by atoms with Crippen LogP contribution >= 0.6 is 11.3 Å². The van der Waals surface area contributed by atoms with Crippen LogP contribution in [0.4, 0.5) is 51.2 Å². The van der Waals surface area contributed by atoms with Crippen LogP contribution in [0.1, 0.15) is 0 Å². The second kappa shape index (κ2) is 14.0. The minimum absolute atomic E-state index is 0.114. The first-order chi connectivity index (χ1) is 33.3. The van der Waals surface area contributed by atoms with Gasteiger partial charge in [0, 0.05) is 59.4 Å². The maximum absolute atomic E-state index is 6.73. The average Bonchev–Trinajstić information content (AvgIpc) is 4.09. The molecular weight excluding hydrogens is 838 g/mol. The van der Waals surface area contributed by atoms with Gasteiger partial charge in [0.2, 0.25) is 0 Å². The monoisotopic (exact) mass is 873 g/mol. The lowest BCUT2D eigenvalue weighted by atomic mass is 9.33. The third kappa shape index (κ3) is 5.20. The van der Waals surface area contributed by atoms with Crippen molar-refractivity contribution in [1.82, 2.24) is 0 Å². The highest BCUT2D eigenvalue weighted by atomic mass is 32.1. The molecule has 312 valence electrons. The van der Waals surface area contributed by atoms with Gasteiger partial charge in [-0.25, -0.2) is 0 Å². The summed E-state index contributed by atoms with van der Waals surface area (Å²) in [5.74, 6) is 0. The van der Waals surface area contributed by atoms with E-state index in [1.807, 2.05) is 17.4 Å². The summed E-state index contributed by atoms with van der Waals surface area (Å²) in [5, 5.41) is 6.89. The molecule has 2 aliphatic heterocycles. The van der Waals surface area contributed by atoms with Gasteiger partial charge in [-0.15, -0.1) is 11.3 Å². The van der Waals surface area contributed by atoms with Crippen LogP contribution in [0.2, 0.25) is 0 Å². The number of thiophene rings is 1. The van der Waals surface area contributed by atoms with Gasteiger partial charge in [-0.05, 0) is 107 Å². The molecule has 0 saturated heterocycles. The highest BCUT2D eigenvalue weighted by Crippen LogP contribution is 2.53. The Labute approximate surface area is 389 Å². The highest BCUT2D eigenvalue weighted by Gasteiger charge is 2.46. The van der Waals surface area contributed by atoms with Gasteiger partial charge in [-0.1, -0.05) is 127 Å². The maximum Gasteiger partial charge on any atom is 0.252 e. The smallest absolute Gasteiger partial charge is 0.252 e. The van der Waals surface area contributed by atoms with Crippen LogP contribution in [0.25, 0.3) is 64.0 Å². The lowest BCUT2D eigenvalue weighted by Crippen LogP contribution is -2.61. The van der Waals surface area contributed by atoms with Gasteiger partial charge in [0.05, 0.1) is 33.5 Å². The quantitative estimate of drug-likeness (QED) is 0.161. The summed E-state index contributed by atoms with van der Waals surface area (Å²) in [7, 11) is 0. The van der Waals surface area contributed by atoms with E-state index in [1.165, 1.54) is 42.2 Å². The fourth-order valence-electron chi connectivity index (χ4n) is 11.3.